The Labute approximate surface area is 165 Å². The highest BCUT2D eigenvalue weighted by molar-refractivity contribution is 6.02. The summed E-state index contributed by atoms with van der Waals surface area (Å²) in [4.78, 5) is 36.6. The number of benzene rings is 2. The van der Waals surface area contributed by atoms with Gasteiger partial charge in [-0.1, -0.05) is 24.3 Å². The number of amides is 1. The summed E-state index contributed by atoms with van der Waals surface area (Å²) in [5.41, 5.74) is 1.08. The average Bonchev–Trinajstić information content (AvgIpc) is 3.27. The summed E-state index contributed by atoms with van der Waals surface area (Å²) in [5, 5.41) is 13.4. The molecule has 29 heavy (non-hydrogen) atoms. The van der Waals surface area contributed by atoms with Crippen LogP contribution in [-0.4, -0.2) is 51.3 Å². The Morgan fingerprint density at radius 3 is 2.38 bits per heavy atom. The van der Waals surface area contributed by atoms with Gasteiger partial charge in [-0.2, -0.15) is 4.68 Å². The maximum atomic E-state index is 12.4. The van der Waals surface area contributed by atoms with Crippen LogP contribution in [0.3, 0.4) is 0 Å². The number of nitrogens with one attached hydrogen (secondary N) is 1. The molecular formula is C19H17N5O5. The van der Waals surface area contributed by atoms with Crippen LogP contribution >= 0.6 is 0 Å². The van der Waals surface area contributed by atoms with Crippen molar-refractivity contribution in [3.8, 4) is 5.69 Å². The summed E-state index contributed by atoms with van der Waals surface area (Å²) in [7, 11) is 0. The van der Waals surface area contributed by atoms with Crippen molar-refractivity contribution in [2.45, 2.75) is 6.92 Å². The summed E-state index contributed by atoms with van der Waals surface area (Å²) in [5.74, 6) is -1.88. The minimum absolute atomic E-state index is 0.194. The van der Waals surface area contributed by atoms with E-state index in [1.807, 2.05) is 0 Å². The summed E-state index contributed by atoms with van der Waals surface area (Å²) < 4.78 is 11.4. The molecule has 0 spiro atoms. The van der Waals surface area contributed by atoms with Crippen molar-refractivity contribution in [3.63, 3.8) is 0 Å². The Kier molecular flexibility index (Phi) is 6.25. The highest BCUT2D eigenvalue weighted by Crippen LogP contribution is 2.17. The molecule has 3 aromatic rings. The minimum atomic E-state index is -0.718. The van der Waals surface area contributed by atoms with Gasteiger partial charge in [0.15, 0.2) is 6.61 Å². The fourth-order valence-electron chi connectivity index (χ4n) is 2.49. The van der Waals surface area contributed by atoms with Crippen molar-refractivity contribution in [2.24, 2.45) is 0 Å². The lowest BCUT2D eigenvalue weighted by Gasteiger charge is -2.11. The lowest BCUT2D eigenvalue weighted by molar-refractivity contribution is -0.119. The van der Waals surface area contributed by atoms with Gasteiger partial charge in [0.05, 0.1) is 29.1 Å². The van der Waals surface area contributed by atoms with Gasteiger partial charge in [0, 0.05) is 0 Å². The number of hydrogen-bond acceptors (Lipinski definition) is 8. The molecule has 0 aliphatic heterocycles. The molecule has 0 saturated carbocycles. The Morgan fingerprint density at radius 2 is 1.66 bits per heavy atom. The van der Waals surface area contributed by atoms with Crippen LogP contribution in [0.2, 0.25) is 0 Å². The first-order valence-corrected chi connectivity index (χ1v) is 8.65. The predicted molar refractivity (Wildman–Crippen MR) is 100 cm³/mol. The maximum absolute atomic E-state index is 12.4. The number of hydrogen-bond donors (Lipinski definition) is 1. The van der Waals surface area contributed by atoms with Gasteiger partial charge in [0.2, 0.25) is 0 Å². The molecule has 2 aromatic carbocycles. The van der Waals surface area contributed by atoms with Crippen LogP contribution in [-0.2, 0) is 14.3 Å². The highest BCUT2D eigenvalue weighted by Gasteiger charge is 2.18. The first-order valence-electron chi connectivity index (χ1n) is 8.65. The number of carbonyl (C=O) groups excluding carboxylic acids is 3. The summed E-state index contributed by atoms with van der Waals surface area (Å²) in [6.07, 6.45) is 1.34. The first kappa shape index (κ1) is 19.7. The molecule has 0 unspecified atom stereocenters. The monoisotopic (exact) mass is 395 g/mol. The quantitative estimate of drug-likeness (QED) is 0.599. The van der Waals surface area contributed by atoms with E-state index in [0.717, 1.165) is 0 Å². The number of anilines is 1. The molecule has 1 aromatic heterocycles. The smallest absolute Gasteiger partial charge is 0.340 e. The van der Waals surface area contributed by atoms with Gasteiger partial charge in [-0.25, -0.2) is 9.59 Å². The second-order valence-electron chi connectivity index (χ2n) is 5.66. The fraction of sp³-hybridized carbons (Fsp3) is 0.158. The van der Waals surface area contributed by atoms with Gasteiger partial charge in [0.25, 0.3) is 5.91 Å². The normalized spacial score (nSPS) is 10.2. The van der Waals surface area contributed by atoms with Crippen molar-refractivity contribution in [3.05, 3.63) is 66.0 Å². The van der Waals surface area contributed by atoms with E-state index in [9.17, 15) is 14.4 Å². The number of esters is 2. The Hall–Kier alpha value is -4.08. The number of aromatic nitrogens is 4. The first-order chi connectivity index (χ1) is 14.1. The van der Waals surface area contributed by atoms with Crippen molar-refractivity contribution in [2.75, 3.05) is 18.5 Å². The molecule has 3 rings (SSSR count). The number of tetrazole rings is 1. The van der Waals surface area contributed by atoms with Crippen molar-refractivity contribution >= 4 is 23.5 Å². The highest BCUT2D eigenvalue weighted by atomic mass is 16.5. The summed E-state index contributed by atoms with van der Waals surface area (Å²) >= 11 is 0. The van der Waals surface area contributed by atoms with Gasteiger partial charge in [-0.3, -0.25) is 4.79 Å². The van der Waals surface area contributed by atoms with E-state index in [0.29, 0.717) is 5.69 Å². The van der Waals surface area contributed by atoms with Crippen LogP contribution in [0.25, 0.3) is 5.69 Å². The zero-order valence-electron chi connectivity index (χ0n) is 15.4. The van der Waals surface area contributed by atoms with Crippen LogP contribution in [0.4, 0.5) is 5.69 Å². The van der Waals surface area contributed by atoms with E-state index < -0.39 is 24.5 Å². The third kappa shape index (κ3) is 4.80. The number of rotatable bonds is 7. The van der Waals surface area contributed by atoms with Crippen molar-refractivity contribution in [1.82, 2.24) is 20.2 Å². The lowest BCUT2D eigenvalue weighted by Crippen LogP contribution is -2.23. The molecule has 0 fully saturated rings. The van der Waals surface area contributed by atoms with Crippen molar-refractivity contribution in [1.29, 1.82) is 0 Å². The number of carbonyl (C=O) groups is 3. The molecule has 0 atom stereocenters. The van der Waals surface area contributed by atoms with E-state index in [1.54, 1.807) is 43.3 Å². The SMILES string of the molecule is CCOC(=O)c1ccccc1NC(=O)COC(=O)c1ccccc1-n1cnnn1. The Balaban J connectivity index is 1.66. The van der Waals surface area contributed by atoms with Crippen molar-refractivity contribution < 1.29 is 23.9 Å². The van der Waals surface area contributed by atoms with Gasteiger partial charge in [0.1, 0.15) is 6.33 Å². The second kappa shape index (κ2) is 9.22. The Bertz CT molecular complexity index is 1020. The molecule has 0 aliphatic carbocycles. The fourth-order valence-corrected chi connectivity index (χ4v) is 2.49. The van der Waals surface area contributed by atoms with Gasteiger partial charge in [-0.15, -0.1) is 5.10 Å². The molecular weight excluding hydrogens is 378 g/mol. The summed E-state index contributed by atoms with van der Waals surface area (Å²) in [6.45, 7) is 1.35. The van der Waals surface area contributed by atoms with E-state index in [-0.39, 0.29) is 23.4 Å². The standard InChI is InChI=1S/C19H17N5O5/c1-2-28-18(26)13-7-3-5-9-15(13)21-17(25)11-29-19(27)14-8-4-6-10-16(14)24-12-20-22-23-24/h3-10,12H,2,11H2,1H3,(H,21,25). The van der Waals surface area contributed by atoms with Gasteiger partial charge < -0.3 is 14.8 Å². The molecule has 10 heteroatoms. The zero-order valence-corrected chi connectivity index (χ0v) is 15.4. The second-order valence-corrected chi connectivity index (χ2v) is 5.66. The molecule has 1 heterocycles. The van der Waals surface area contributed by atoms with Crippen LogP contribution in [0, 0.1) is 0 Å². The van der Waals surface area contributed by atoms with Crippen LogP contribution < -0.4 is 5.32 Å². The maximum Gasteiger partial charge on any atom is 0.340 e. The predicted octanol–water partition coefficient (Wildman–Crippen LogP) is 1.63. The average molecular weight is 395 g/mol. The van der Waals surface area contributed by atoms with Crippen LogP contribution in [0.5, 0.6) is 0 Å². The third-order valence-electron chi connectivity index (χ3n) is 3.75. The van der Waals surface area contributed by atoms with E-state index in [2.05, 4.69) is 20.8 Å². The molecule has 0 radical (unpaired) electrons. The molecule has 0 saturated heterocycles. The van der Waals surface area contributed by atoms with E-state index >= 15 is 0 Å². The number of nitrogens with zero attached hydrogens (tertiary/aromatic N) is 4. The Morgan fingerprint density at radius 1 is 0.966 bits per heavy atom. The largest absolute Gasteiger partial charge is 0.462 e. The summed E-state index contributed by atoms with van der Waals surface area (Å²) in [6, 6.07) is 12.9. The molecule has 10 nitrogen and oxygen atoms in total. The number of ether oxygens (including phenoxy) is 2. The minimum Gasteiger partial charge on any atom is -0.462 e. The molecule has 0 bridgehead atoms. The molecule has 1 amide bonds. The van der Waals surface area contributed by atoms with Crippen LogP contribution in [0.1, 0.15) is 27.6 Å². The van der Waals surface area contributed by atoms with Gasteiger partial charge in [-0.05, 0) is 41.6 Å². The van der Waals surface area contributed by atoms with Crippen LogP contribution in [0.15, 0.2) is 54.9 Å². The van der Waals surface area contributed by atoms with Gasteiger partial charge >= 0.3 is 11.9 Å². The molecule has 0 aliphatic rings. The number of para-hydroxylation sites is 2. The lowest BCUT2D eigenvalue weighted by atomic mass is 10.2. The third-order valence-corrected chi connectivity index (χ3v) is 3.75. The van der Waals surface area contributed by atoms with E-state index in [4.69, 9.17) is 9.47 Å². The zero-order chi connectivity index (χ0) is 20.6. The van der Waals surface area contributed by atoms with E-state index in [1.165, 1.54) is 23.1 Å². The topological polar surface area (TPSA) is 125 Å². The molecule has 1 N–H and O–H groups in total. The molecule has 148 valence electrons.